The van der Waals surface area contributed by atoms with Crippen LogP contribution >= 0.6 is 0 Å². The van der Waals surface area contributed by atoms with Crippen LogP contribution in [0.15, 0.2) is 47.1 Å². The fraction of sp³-hybridized carbons (Fsp3) is 0.316. The molecule has 0 fully saturated rings. The predicted molar refractivity (Wildman–Crippen MR) is 98.1 cm³/mol. The summed E-state index contributed by atoms with van der Waals surface area (Å²) < 4.78 is 11.8. The summed E-state index contributed by atoms with van der Waals surface area (Å²) in [6.45, 7) is 4.49. The van der Waals surface area contributed by atoms with E-state index in [0.29, 0.717) is 30.5 Å². The summed E-state index contributed by atoms with van der Waals surface area (Å²) >= 11 is 0. The fourth-order valence-electron chi connectivity index (χ4n) is 2.47. The van der Waals surface area contributed by atoms with Crippen LogP contribution in [0.4, 0.5) is 5.95 Å². The molecule has 1 aromatic carbocycles. The van der Waals surface area contributed by atoms with E-state index in [-0.39, 0.29) is 11.8 Å². The van der Waals surface area contributed by atoms with Crippen molar-refractivity contribution in [2.24, 2.45) is 5.92 Å². The molecule has 26 heavy (non-hydrogen) atoms. The van der Waals surface area contributed by atoms with Gasteiger partial charge in [-0.25, -0.2) is 0 Å². The molecule has 0 bridgehead atoms. The fourth-order valence-corrected chi connectivity index (χ4v) is 2.47. The molecule has 7 nitrogen and oxygen atoms in total. The van der Waals surface area contributed by atoms with E-state index in [2.05, 4.69) is 15.4 Å². The summed E-state index contributed by atoms with van der Waals surface area (Å²) in [4.78, 5) is 17.0. The number of furan rings is 1. The first kappa shape index (κ1) is 17.7. The number of nitrogens with zero attached hydrogens (tertiary/aromatic N) is 3. The Balaban J connectivity index is 1.82. The number of aromatic nitrogens is 3. The highest BCUT2D eigenvalue weighted by Crippen LogP contribution is 2.20. The van der Waals surface area contributed by atoms with E-state index >= 15 is 0 Å². The summed E-state index contributed by atoms with van der Waals surface area (Å²) in [6, 6.07) is 11.2. The summed E-state index contributed by atoms with van der Waals surface area (Å²) in [5.41, 5.74) is 1.04. The smallest absolute Gasteiger partial charge is 0.250 e. The van der Waals surface area contributed by atoms with Gasteiger partial charge in [0.25, 0.3) is 0 Å². The van der Waals surface area contributed by atoms with E-state index in [1.165, 1.54) is 4.68 Å². The number of carbonyl (C=O) groups is 1. The third-order valence-electron chi connectivity index (χ3n) is 3.78. The summed E-state index contributed by atoms with van der Waals surface area (Å²) in [6.07, 6.45) is 1.94. The zero-order chi connectivity index (χ0) is 18.5. The van der Waals surface area contributed by atoms with Crippen LogP contribution in [0, 0.1) is 5.92 Å². The first-order valence-electron chi connectivity index (χ1n) is 8.47. The molecule has 7 heteroatoms. The Morgan fingerprint density at radius 3 is 2.65 bits per heavy atom. The molecule has 0 spiro atoms. The number of ether oxygens (including phenoxy) is 1. The van der Waals surface area contributed by atoms with Gasteiger partial charge in [0, 0.05) is 13.0 Å². The van der Waals surface area contributed by atoms with E-state index in [0.717, 1.165) is 11.3 Å². The normalized spacial score (nSPS) is 10.9. The molecule has 136 valence electrons. The zero-order valence-electron chi connectivity index (χ0n) is 15.1. The number of carbonyl (C=O) groups excluding carboxylic acids is 1. The number of methoxy groups -OCH3 is 1. The van der Waals surface area contributed by atoms with Gasteiger partial charge in [-0.1, -0.05) is 26.0 Å². The number of hydrogen-bond donors (Lipinski definition) is 1. The van der Waals surface area contributed by atoms with Crippen LogP contribution < -0.4 is 10.1 Å². The number of hydrogen-bond acceptors (Lipinski definition) is 6. The van der Waals surface area contributed by atoms with Crippen molar-refractivity contribution in [3.8, 4) is 17.3 Å². The van der Waals surface area contributed by atoms with E-state index in [1.54, 1.807) is 25.5 Å². The molecule has 0 aliphatic carbocycles. The summed E-state index contributed by atoms with van der Waals surface area (Å²) in [7, 11) is 1.63. The van der Waals surface area contributed by atoms with Crippen molar-refractivity contribution in [1.82, 2.24) is 14.8 Å². The highest BCUT2D eigenvalue weighted by atomic mass is 16.5. The van der Waals surface area contributed by atoms with Gasteiger partial charge in [0.1, 0.15) is 5.75 Å². The number of anilines is 1. The zero-order valence-corrected chi connectivity index (χ0v) is 15.1. The molecule has 0 saturated carbocycles. The van der Waals surface area contributed by atoms with Gasteiger partial charge in [-0.05, 0) is 35.7 Å². The minimum Gasteiger partial charge on any atom is -0.497 e. The van der Waals surface area contributed by atoms with Crippen LogP contribution in [0.3, 0.4) is 0 Å². The van der Waals surface area contributed by atoms with Crippen molar-refractivity contribution < 1.29 is 13.9 Å². The monoisotopic (exact) mass is 354 g/mol. The van der Waals surface area contributed by atoms with Gasteiger partial charge >= 0.3 is 0 Å². The lowest BCUT2D eigenvalue weighted by atomic mass is 10.1. The molecular weight excluding hydrogens is 332 g/mol. The molecule has 3 aromatic rings. The van der Waals surface area contributed by atoms with E-state index in [4.69, 9.17) is 9.15 Å². The number of benzene rings is 1. The lowest BCUT2D eigenvalue weighted by Gasteiger charge is -2.09. The number of rotatable bonds is 7. The third-order valence-corrected chi connectivity index (χ3v) is 3.78. The van der Waals surface area contributed by atoms with Gasteiger partial charge in [-0.3, -0.25) is 4.79 Å². The molecule has 2 heterocycles. The first-order chi connectivity index (χ1) is 12.6. The molecule has 0 aliphatic rings. The second kappa shape index (κ2) is 7.86. The topological polar surface area (TPSA) is 82.2 Å². The lowest BCUT2D eigenvalue weighted by Crippen LogP contribution is -2.18. The minimum absolute atomic E-state index is 0.109. The Bertz CT molecular complexity index is 852. The molecule has 0 saturated heterocycles. The maximum Gasteiger partial charge on any atom is 0.250 e. The van der Waals surface area contributed by atoms with E-state index in [9.17, 15) is 4.79 Å². The van der Waals surface area contributed by atoms with Crippen LogP contribution in [0.1, 0.15) is 30.6 Å². The molecular formula is C19H22N4O3. The third kappa shape index (κ3) is 4.11. The van der Waals surface area contributed by atoms with E-state index < -0.39 is 0 Å². The van der Waals surface area contributed by atoms with Crippen LogP contribution in [-0.2, 0) is 6.54 Å². The Morgan fingerprint density at radius 2 is 2.04 bits per heavy atom. The maximum absolute atomic E-state index is 12.5. The molecule has 0 atom stereocenters. The molecule has 1 N–H and O–H groups in total. The van der Waals surface area contributed by atoms with Crippen molar-refractivity contribution in [2.45, 2.75) is 26.8 Å². The van der Waals surface area contributed by atoms with Gasteiger partial charge in [0.05, 0.1) is 13.4 Å². The van der Waals surface area contributed by atoms with Gasteiger partial charge in [0.15, 0.2) is 5.76 Å². The van der Waals surface area contributed by atoms with E-state index in [1.807, 2.05) is 38.1 Å². The molecule has 0 amide bonds. The van der Waals surface area contributed by atoms with Gasteiger partial charge in [-0.15, -0.1) is 5.10 Å². The largest absolute Gasteiger partial charge is 0.497 e. The first-order valence-corrected chi connectivity index (χ1v) is 8.47. The van der Waals surface area contributed by atoms with Gasteiger partial charge in [0.2, 0.25) is 17.7 Å². The average molecular weight is 354 g/mol. The minimum atomic E-state index is -0.109. The highest BCUT2D eigenvalue weighted by Gasteiger charge is 2.19. The highest BCUT2D eigenvalue weighted by molar-refractivity contribution is 5.81. The van der Waals surface area contributed by atoms with Gasteiger partial charge in [-0.2, -0.15) is 9.67 Å². The standard InChI is InChI=1S/C19H22N4O3/c1-13(2)11-17(24)23-19(21-18(22-23)16-5-4-10-26-16)20-12-14-6-8-15(25-3)9-7-14/h4-10,13H,11-12H2,1-3H3,(H,20,21,22). The van der Waals surface area contributed by atoms with Crippen molar-refractivity contribution in [2.75, 3.05) is 12.4 Å². The van der Waals surface area contributed by atoms with Crippen LogP contribution in [0.25, 0.3) is 11.6 Å². The molecule has 0 radical (unpaired) electrons. The predicted octanol–water partition coefficient (Wildman–Crippen LogP) is 3.85. The Hall–Kier alpha value is -3.09. The number of nitrogens with one attached hydrogen (secondary N) is 1. The van der Waals surface area contributed by atoms with Crippen LogP contribution in [0.2, 0.25) is 0 Å². The Morgan fingerprint density at radius 1 is 1.27 bits per heavy atom. The quantitative estimate of drug-likeness (QED) is 0.694. The average Bonchev–Trinajstić information content (AvgIpc) is 3.29. The van der Waals surface area contributed by atoms with Crippen molar-refractivity contribution >= 4 is 11.9 Å². The van der Waals surface area contributed by atoms with Crippen LogP contribution in [0.5, 0.6) is 5.75 Å². The lowest BCUT2D eigenvalue weighted by molar-refractivity contribution is 0.0873. The van der Waals surface area contributed by atoms with Crippen molar-refractivity contribution in [3.05, 3.63) is 48.2 Å². The molecule has 0 unspecified atom stereocenters. The second-order valence-corrected chi connectivity index (χ2v) is 6.34. The summed E-state index contributed by atoms with van der Waals surface area (Å²) in [5.74, 6) is 2.22. The van der Waals surface area contributed by atoms with Crippen molar-refractivity contribution in [3.63, 3.8) is 0 Å². The molecule has 0 aliphatic heterocycles. The Kier molecular flexibility index (Phi) is 5.36. The maximum atomic E-state index is 12.5. The SMILES string of the molecule is COc1ccc(CNc2nc(-c3ccco3)nn2C(=O)CC(C)C)cc1. The summed E-state index contributed by atoms with van der Waals surface area (Å²) in [5, 5.41) is 7.51. The second-order valence-electron chi connectivity index (χ2n) is 6.34. The molecule has 2 aromatic heterocycles. The van der Waals surface area contributed by atoms with Crippen LogP contribution in [-0.4, -0.2) is 27.8 Å². The molecule has 3 rings (SSSR count). The van der Waals surface area contributed by atoms with Crippen molar-refractivity contribution in [1.29, 1.82) is 0 Å². The Labute approximate surface area is 152 Å². The van der Waals surface area contributed by atoms with Gasteiger partial charge < -0.3 is 14.5 Å².